The van der Waals surface area contributed by atoms with Gasteiger partial charge in [0.1, 0.15) is 22.5 Å². The zero-order chi connectivity index (χ0) is 51.1. The monoisotopic (exact) mass is 1020 g/mol. The molecular weight excluding hydrogens is 973 g/mol. The van der Waals surface area contributed by atoms with E-state index in [0.717, 1.165) is 83.3 Å². The van der Waals surface area contributed by atoms with Gasteiger partial charge in [0.05, 0.1) is 22.2 Å². The number of pyridine rings is 2. The van der Waals surface area contributed by atoms with Gasteiger partial charge < -0.3 is 29.9 Å². The van der Waals surface area contributed by atoms with Gasteiger partial charge in [0, 0.05) is 84.5 Å². The van der Waals surface area contributed by atoms with E-state index in [2.05, 4.69) is 31.0 Å². The van der Waals surface area contributed by atoms with E-state index in [0.29, 0.717) is 44.6 Å². The molecular formula is C56H50N10O6S2. The number of fused-ring (bicyclic) bond motifs is 4. The number of ether oxygens (including phenoxy) is 2. The normalized spacial score (nSPS) is 17.0. The van der Waals surface area contributed by atoms with E-state index < -0.39 is 10.8 Å². The molecule has 0 unspecified atom stereocenters. The standard InChI is InChI=1S/2C28H25N5O3S/c2*1-33(2)25(34)18-10-8-17(9-11-18)21-13-12-20-23(19-6-3-4-7-22(19)36-24(20)30-21)28(14-5-15-28)26(35)31-27-32-29-16-37-27/h2*3-4,6-13,16,23H,5,14-15H2,1-2H3,(H,31,32,35)/t2*23-/m10/s1. The molecule has 0 spiro atoms. The number of amides is 4. The first-order valence-corrected chi connectivity index (χ1v) is 26.0. The number of hydrogen-bond donors (Lipinski definition) is 2. The minimum absolute atomic E-state index is 0.0478. The van der Waals surface area contributed by atoms with E-state index in [1.54, 1.807) is 73.3 Å². The molecule has 6 heterocycles. The van der Waals surface area contributed by atoms with Crippen LogP contribution in [-0.4, -0.2) is 92.0 Å². The fraction of sp³-hybridized carbons (Fsp3) is 0.250. The van der Waals surface area contributed by atoms with Crippen molar-refractivity contribution < 1.29 is 28.7 Å². The highest BCUT2D eigenvalue weighted by Crippen LogP contribution is 2.61. The van der Waals surface area contributed by atoms with Crippen LogP contribution < -0.4 is 20.1 Å². The number of para-hydroxylation sites is 2. The summed E-state index contributed by atoms with van der Waals surface area (Å²) in [5, 5.41) is 22.7. The van der Waals surface area contributed by atoms with Crippen molar-refractivity contribution in [2.24, 2.45) is 10.8 Å². The maximum Gasteiger partial charge on any atom is 0.253 e. The lowest BCUT2D eigenvalue weighted by atomic mass is 9.56. The number of anilines is 2. The third-order valence-corrected chi connectivity index (χ3v) is 15.8. The van der Waals surface area contributed by atoms with Crippen molar-refractivity contribution in [3.8, 4) is 45.8 Å². The average molecular weight is 1020 g/mol. The number of nitrogens with zero attached hydrogens (tertiary/aromatic N) is 8. The Morgan fingerprint density at radius 3 is 1.24 bits per heavy atom. The van der Waals surface area contributed by atoms with Crippen molar-refractivity contribution in [3.63, 3.8) is 0 Å². The summed E-state index contributed by atoms with van der Waals surface area (Å²) in [6.07, 6.45) is 5.00. The summed E-state index contributed by atoms with van der Waals surface area (Å²) >= 11 is 2.62. The summed E-state index contributed by atoms with van der Waals surface area (Å²) in [6.45, 7) is 0. The van der Waals surface area contributed by atoms with Gasteiger partial charge in [0.25, 0.3) is 11.8 Å². The summed E-state index contributed by atoms with van der Waals surface area (Å²) in [5.41, 5.74) is 10.2. The Labute approximate surface area is 434 Å². The molecule has 0 saturated heterocycles. The fourth-order valence-electron chi connectivity index (χ4n) is 10.6. The van der Waals surface area contributed by atoms with Crippen molar-refractivity contribution in [1.82, 2.24) is 40.2 Å². The number of carbonyl (C=O) groups is 4. The lowest BCUT2D eigenvalue weighted by Gasteiger charge is -2.48. The molecule has 0 bridgehead atoms. The van der Waals surface area contributed by atoms with E-state index >= 15 is 0 Å². The Bertz CT molecular complexity index is 3190. The number of benzene rings is 4. The molecule has 4 aromatic heterocycles. The molecule has 4 aromatic carbocycles. The maximum atomic E-state index is 13.7. The Morgan fingerprint density at radius 2 is 0.905 bits per heavy atom. The Balaban J connectivity index is 0.000000159. The summed E-state index contributed by atoms with van der Waals surface area (Å²) in [7, 11) is 6.93. The first-order valence-electron chi connectivity index (χ1n) is 24.3. The minimum atomic E-state index is -0.627. The molecule has 2 fully saturated rings. The number of nitrogens with one attached hydrogen (secondary N) is 2. The molecule has 2 aliphatic carbocycles. The van der Waals surface area contributed by atoms with E-state index in [1.807, 2.05) is 97.1 Å². The van der Waals surface area contributed by atoms with Gasteiger partial charge in [-0.2, -0.15) is 0 Å². The van der Waals surface area contributed by atoms with Crippen LogP contribution in [0, 0.1) is 10.8 Å². The van der Waals surface area contributed by atoms with Crippen LogP contribution in [0.4, 0.5) is 10.3 Å². The molecule has 2 atom stereocenters. The Hall–Kier alpha value is -8.22. The van der Waals surface area contributed by atoms with Crippen LogP contribution in [0.2, 0.25) is 0 Å². The minimum Gasteiger partial charge on any atom is -0.438 e. The molecule has 4 aliphatic rings. The highest BCUT2D eigenvalue weighted by Gasteiger charge is 2.55. The van der Waals surface area contributed by atoms with Gasteiger partial charge >= 0.3 is 0 Å². The van der Waals surface area contributed by atoms with Gasteiger partial charge in [-0.1, -0.05) is 108 Å². The zero-order valence-corrected chi connectivity index (χ0v) is 42.6. The van der Waals surface area contributed by atoms with Crippen LogP contribution in [0.1, 0.15) is 93.3 Å². The van der Waals surface area contributed by atoms with Crippen molar-refractivity contribution in [1.29, 1.82) is 0 Å². The summed E-state index contributed by atoms with van der Waals surface area (Å²) in [6, 6.07) is 38.5. The molecule has 2 N–H and O–H groups in total. The van der Waals surface area contributed by atoms with E-state index in [1.165, 1.54) is 22.7 Å². The molecule has 2 aliphatic heterocycles. The third-order valence-electron chi connectivity index (χ3n) is 14.6. The lowest BCUT2D eigenvalue weighted by molar-refractivity contribution is -0.132. The summed E-state index contributed by atoms with van der Waals surface area (Å²) < 4.78 is 12.6. The highest BCUT2D eigenvalue weighted by molar-refractivity contribution is 7.13. The van der Waals surface area contributed by atoms with Crippen molar-refractivity contribution >= 4 is 56.6 Å². The maximum absolute atomic E-state index is 13.7. The van der Waals surface area contributed by atoms with Gasteiger partial charge in [-0.15, -0.1) is 20.4 Å². The van der Waals surface area contributed by atoms with E-state index in [4.69, 9.17) is 19.4 Å². The molecule has 16 nitrogen and oxygen atoms in total. The molecule has 4 amide bonds. The summed E-state index contributed by atoms with van der Waals surface area (Å²) in [5.74, 6) is 1.84. The molecule has 12 rings (SSSR count). The number of rotatable bonds is 10. The highest BCUT2D eigenvalue weighted by atomic mass is 32.1. The van der Waals surface area contributed by atoms with Gasteiger partial charge in [-0.05, 0) is 74.2 Å². The average Bonchev–Trinajstić information content (AvgIpc) is 4.12. The van der Waals surface area contributed by atoms with E-state index in [-0.39, 0.29) is 35.5 Å². The van der Waals surface area contributed by atoms with Gasteiger partial charge in [-0.3, -0.25) is 19.2 Å². The second kappa shape index (κ2) is 19.7. The molecule has 0 radical (unpaired) electrons. The van der Waals surface area contributed by atoms with Crippen LogP contribution in [0.5, 0.6) is 23.3 Å². The second-order valence-electron chi connectivity index (χ2n) is 19.3. The fourth-order valence-corrected chi connectivity index (χ4v) is 11.5. The second-order valence-corrected chi connectivity index (χ2v) is 21.0. The predicted octanol–water partition coefficient (Wildman–Crippen LogP) is 10.7. The first kappa shape index (κ1) is 48.1. The van der Waals surface area contributed by atoms with Gasteiger partial charge in [0.15, 0.2) is 0 Å². The number of carbonyl (C=O) groups excluding carboxylic acids is 4. The SMILES string of the molecule is CN(C)C(=O)c1ccc(-c2ccc3c(n2)Oc2ccccc2[C@@H]3C2(C(=O)Nc3nncs3)CCC2)cc1.CN(C)C(=O)c1ccc(-c2ccc3c(n2)Oc2ccccc2[C@H]3C2(C(=O)Nc3nncs3)CCC2)cc1. The van der Waals surface area contributed by atoms with Crippen molar-refractivity contribution in [3.05, 3.63) is 166 Å². The number of aromatic nitrogens is 6. The van der Waals surface area contributed by atoms with E-state index in [9.17, 15) is 19.2 Å². The molecule has 372 valence electrons. The predicted molar refractivity (Wildman–Crippen MR) is 282 cm³/mol. The smallest absolute Gasteiger partial charge is 0.253 e. The van der Waals surface area contributed by atoms with Gasteiger partial charge in [0.2, 0.25) is 33.8 Å². The molecule has 18 heteroatoms. The largest absolute Gasteiger partial charge is 0.438 e. The summed E-state index contributed by atoms with van der Waals surface area (Å²) in [4.78, 5) is 64.8. The molecule has 8 aromatic rings. The van der Waals surface area contributed by atoms with Crippen LogP contribution >= 0.6 is 22.7 Å². The third kappa shape index (κ3) is 8.72. The van der Waals surface area contributed by atoms with Crippen LogP contribution in [0.25, 0.3) is 22.5 Å². The van der Waals surface area contributed by atoms with Crippen molar-refractivity contribution in [2.45, 2.75) is 50.4 Å². The topological polar surface area (TPSA) is 195 Å². The Kier molecular flexibility index (Phi) is 12.8. The molecule has 2 saturated carbocycles. The first-order chi connectivity index (χ1) is 35.9. The van der Waals surface area contributed by atoms with Crippen LogP contribution in [0.15, 0.2) is 132 Å². The quantitative estimate of drug-likeness (QED) is 0.132. The Morgan fingerprint density at radius 1 is 0.514 bits per heavy atom. The zero-order valence-electron chi connectivity index (χ0n) is 40.9. The van der Waals surface area contributed by atoms with Crippen molar-refractivity contribution in [2.75, 3.05) is 38.8 Å². The molecule has 74 heavy (non-hydrogen) atoms. The number of hydrogen-bond acceptors (Lipinski definition) is 14. The van der Waals surface area contributed by atoms with Crippen LogP contribution in [-0.2, 0) is 9.59 Å². The lowest BCUT2D eigenvalue weighted by Crippen LogP contribution is -2.47. The van der Waals surface area contributed by atoms with Gasteiger partial charge in [-0.25, -0.2) is 9.97 Å². The van der Waals surface area contributed by atoms with Crippen LogP contribution in [0.3, 0.4) is 0 Å².